The minimum absolute atomic E-state index is 0.778. The fourth-order valence-corrected chi connectivity index (χ4v) is 4.47. The average molecular weight is 394 g/mol. The summed E-state index contributed by atoms with van der Waals surface area (Å²) in [5, 5.41) is 3.71. The van der Waals surface area contributed by atoms with Crippen molar-refractivity contribution in [2.24, 2.45) is 0 Å². The molecule has 4 rings (SSSR count). The zero-order valence-corrected chi connectivity index (χ0v) is 17.8. The molecule has 0 atom stereocenters. The molecule has 2 aliphatic rings. The Bertz CT molecular complexity index is 762. The first-order chi connectivity index (χ1) is 14.3. The van der Waals surface area contributed by atoms with Crippen LogP contribution in [0.15, 0.2) is 42.5 Å². The van der Waals surface area contributed by atoms with Crippen molar-refractivity contribution in [2.45, 2.75) is 45.6 Å². The number of aryl methyl sites for hydroxylation is 1. The number of rotatable bonds is 8. The van der Waals surface area contributed by atoms with Gasteiger partial charge < -0.3 is 15.0 Å². The fourth-order valence-electron chi connectivity index (χ4n) is 4.47. The van der Waals surface area contributed by atoms with E-state index in [4.69, 9.17) is 4.74 Å². The standard InChI is InChI=1S/C25H35N3O/c1-21-8-7-9-24(28-16-3-2-4-17-28)25(21)26-20-22-10-12-23(13-11-22)29-19-18-27-14-5-6-15-27/h7-13,26H,2-6,14-20H2,1H3. The van der Waals surface area contributed by atoms with Gasteiger partial charge >= 0.3 is 0 Å². The summed E-state index contributed by atoms with van der Waals surface area (Å²) < 4.78 is 5.93. The van der Waals surface area contributed by atoms with Crippen LogP contribution in [-0.4, -0.2) is 44.2 Å². The summed E-state index contributed by atoms with van der Waals surface area (Å²) in [7, 11) is 0. The van der Waals surface area contributed by atoms with Gasteiger partial charge in [0, 0.05) is 26.2 Å². The van der Waals surface area contributed by atoms with Crippen LogP contribution in [0, 0.1) is 6.92 Å². The second kappa shape index (κ2) is 10.0. The number of hydrogen-bond donors (Lipinski definition) is 1. The Balaban J connectivity index is 1.32. The fraction of sp³-hybridized carbons (Fsp3) is 0.520. The van der Waals surface area contributed by atoms with Gasteiger partial charge in [0.05, 0.1) is 11.4 Å². The highest BCUT2D eigenvalue weighted by atomic mass is 16.5. The number of para-hydroxylation sites is 1. The van der Waals surface area contributed by atoms with Crippen molar-refractivity contribution < 1.29 is 4.74 Å². The van der Waals surface area contributed by atoms with Crippen LogP contribution in [0.25, 0.3) is 0 Å². The van der Waals surface area contributed by atoms with Gasteiger partial charge in [0.25, 0.3) is 0 Å². The van der Waals surface area contributed by atoms with Crippen LogP contribution in [-0.2, 0) is 6.54 Å². The number of benzene rings is 2. The van der Waals surface area contributed by atoms with Crippen molar-refractivity contribution in [3.63, 3.8) is 0 Å². The zero-order valence-electron chi connectivity index (χ0n) is 17.8. The maximum absolute atomic E-state index is 5.93. The normalized spacial score (nSPS) is 17.5. The van der Waals surface area contributed by atoms with E-state index in [1.54, 1.807) is 0 Å². The van der Waals surface area contributed by atoms with Gasteiger partial charge in [-0.15, -0.1) is 0 Å². The molecule has 1 N–H and O–H groups in total. The van der Waals surface area contributed by atoms with Crippen LogP contribution < -0.4 is 15.0 Å². The molecule has 156 valence electrons. The van der Waals surface area contributed by atoms with E-state index in [-0.39, 0.29) is 0 Å². The third-order valence-corrected chi connectivity index (χ3v) is 6.22. The van der Waals surface area contributed by atoms with Gasteiger partial charge in [-0.1, -0.05) is 24.3 Å². The van der Waals surface area contributed by atoms with Gasteiger partial charge in [0.1, 0.15) is 12.4 Å². The lowest BCUT2D eigenvalue weighted by molar-refractivity contribution is 0.238. The second-order valence-electron chi connectivity index (χ2n) is 8.41. The summed E-state index contributed by atoms with van der Waals surface area (Å²) in [6.45, 7) is 9.64. The molecule has 0 aromatic heterocycles. The molecule has 0 amide bonds. The van der Waals surface area contributed by atoms with Gasteiger partial charge in [0.15, 0.2) is 0 Å². The summed E-state index contributed by atoms with van der Waals surface area (Å²) in [6.07, 6.45) is 6.63. The summed E-state index contributed by atoms with van der Waals surface area (Å²) in [5.74, 6) is 0.970. The molecule has 2 saturated heterocycles. The summed E-state index contributed by atoms with van der Waals surface area (Å²) in [4.78, 5) is 5.02. The highest BCUT2D eigenvalue weighted by Gasteiger charge is 2.15. The molecule has 29 heavy (non-hydrogen) atoms. The Kier molecular flexibility index (Phi) is 6.94. The Labute approximate surface area is 175 Å². The summed E-state index contributed by atoms with van der Waals surface area (Å²) >= 11 is 0. The molecule has 4 heteroatoms. The van der Waals surface area contributed by atoms with E-state index >= 15 is 0 Å². The van der Waals surface area contributed by atoms with E-state index in [0.29, 0.717) is 0 Å². The largest absolute Gasteiger partial charge is 0.492 e. The van der Waals surface area contributed by atoms with Crippen LogP contribution in [0.3, 0.4) is 0 Å². The van der Waals surface area contributed by atoms with E-state index in [1.807, 2.05) is 0 Å². The molecular formula is C25H35N3O. The molecule has 4 nitrogen and oxygen atoms in total. The maximum atomic E-state index is 5.93. The van der Waals surface area contributed by atoms with Gasteiger partial charge in [0.2, 0.25) is 0 Å². The number of ether oxygens (including phenoxy) is 1. The minimum Gasteiger partial charge on any atom is -0.492 e. The third kappa shape index (κ3) is 5.45. The van der Waals surface area contributed by atoms with Gasteiger partial charge in [-0.05, 0) is 81.4 Å². The maximum Gasteiger partial charge on any atom is 0.119 e. The first-order valence-corrected chi connectivity index (χ1v) is 11.3. The van der Waals surface area contributed by atoms with Crippen LogP contribution >= 0.6 is 0 Å². The lowest BCUT2D eigenvalue weighted by Gasteiger charge is -2.31. The van der Waals surface area contributed by atoms with E-state index < -0.39 is 0 Å². The van der Waals surface area contributed by atoms with E-state index in [9.17, 15) is 0 Å². The number of nitrogens with one attached hydrogen (secondary N) is 1. The molecule has 2 fully saturated rings. The zero-order chi connectivity index (χ0) is 19.9. The molecular weight excluding hydrogens is 358 g/mol. The topological polar surface area (TPSA) is 27.7 Å². The molecule has 0 saturated carbocycles. The van der Waals surface area contributed by atoms with Crippen LogP contribution in [0.4, 0.5) is 11.4 Å². The summed E-state index contributed by atoms with van der Waals surface area (Å²) in [6, 6.07) is 15.2. The number of piperidine rings is 1. The first kappa shape index (κ1) is 20.1. The predicted octanol–water partition coefficient (Wildman–Crippen LogP) is 5.07. The molecule has 2 aliphatic heterocycles. The Hall–Kier alpha value is -2.20. The molecule has 0 spiro atoms. The Morgan fingerprint density at radius 2 is 1.59 bits per heavy atom. The van der Waals surface area contributed by atoms with Gasteiger partial charge in [-0.3, -0.25) is 4.90 Å². The molecule has 0 radical (unpaired) electrons. The van der Waals surface area contributed by atoms with Crippen LogP contribution in [0.5, 0.6) is 5.75 Å². The SMILES string of the molecule is Cc1cccc(N2CCCCC2)c1NCc1ccc(OCCN2CCCC2)cc1. The first-order valence-electron chi connectivity index (χ1n) is 11.3. The second-order valence-corrected chi connectivity index (χ2v) is 8.41. The van der Waals surface area contributed by atoms with Crippen LogP contribution in [0.2, 0.25) is 0 Å². The Morgan fingerprint density at radius 1 is 0.862 bits per heavy atom. The molecule has 0 unspecified atom stereocenters. The summed E-state index contributed by atoms with van der Waals surface area (Å²) in [5.41, 5.74) is 5.23. The highest BCUT2D eigenvalue weighted by molar-refractivity contribution is 5.73. The number of anilines is 2. The molecule has 2 heterocycles. The van der Waals surface area contributed by atoms with E-state index in [1.165, 1.54) is 80.8 Å². The van der Waals surface area contributed by atoms with E-state index in [0.717, 1.165) is 25.4 Å². The van der Waals surface area contributed by atoms with Crippen LogP contribution in [0.1, 0.15) is 43.2 Å². The molecule has 0 aliphatic carbocycles. The molecule has 2 aromatic carbocycles. The number of likely N-dealkylation sites (tertiary alicyclic amines) is 1. The Morgan fingerprint density at radius 3 is 2.34 bits per heavy atom. The number of hydrogen-bond acceptors (Lipinski definition) is 4. The van der Waals surface area contributed by atoms with Gasteiger partial charge in [-0.25, -0.2) is 0 Å². The van der Waals surface area contributed by atoms with Crippen molar-refractivity contribution >= 4 is 11.4 Å². The molecule has 0 bridgehead atoms. The average Bonchev–Trinajstić information content (AvgIpc) is 3.28. The van der Waals surface area contributed by atoms with Crippen molar-refractivity contribution in [1.29, 1.82) is 0 Å². The van der Waals surface area contributed by atoms with Crippen molar-refractivity contribution in [3.05, 3.63) is 53.6 Å². The predicted molar refractivity (Wildman–Crippen MR) is 122 cm³/mol. The smallest absolute Gasteiger partial charge is 0.119 e. The van der Waals surface area contributed by atoms with Gasteiger partial charge in [-0.2, -0.15) is 0 Å². The third-order valence-electron chi connectivity index (χ3n) is 6.22. The minimum atomic E-state index is 0.778. The monoisotopic (exact) mass is 393 g/mol. The van der Waals surface area contributed by atoms with Crippen molar-refractivity contribution in [2.75, 3.05) is 49.5 Å². The quantitative estimate of drug-likeness (QED) is 0.677. The lowest BCUT2D eigenvalue weighted by Crippen LogP contribution is -2.30. The molecule has 2 aromatic rings. The lowest BCUT2D eigenvalue weighted by atomic mass is 10.1. The van der Waals surface area contributed by atoms with Crippen molar-refractivity contribution in [1.82, 2.24) is 4.90 Å². The highest BCUT2D eigenvalue weighted by Crippen LogP contribution is 2.31. The van der Waals surface area contributed by atoms with Crippen molar-refractivity contribution in [3.8, 4) is 5.75 Å². The number of nitrogens with zero attached hydrogens (tertiary/aromatic N) is 2. The van der Waals surface area contributed by atoms with E-state index in [2.05, 4.69) is 64.5 Å².